The van der Waals surface area contributed by atoms with Gasteiger partial charge in [0, 0.05) is 12.7 Å². The van der Waals surface area contributed by atoms with E-state index >= 15 is 0 Å². The quantitative estimate of drug-likeness (QED) is 0.581. The molecule has 0 spiro atoms. The summed E-state index contributed by atoms with van der Waals surface area (Å²) in [5, 5.41) is 0. The van der Waals surface area contributed by atoms with Crippen molar-refractivity contribution in [2.75, 3.05) is 0 Å². The highest BCUT2D eigenvalue weighted by Gasteiger charge is 1.94. The van der Waals surface area contributed by atoms with E-state index in [1.54, 1.807) is 0 Å². The van der Waals surface area contributed by atoms with Gasteiger partial charge in [0.15, 0.2) is 6.29 Å². The first-order valence-electron chi connectivity index (χ1n) is 3.48. The molecule has 0 radical (unpaired) electrons. The van der Waals surface area contributed by atoms with Gasteiger partial charge in [-0.05, 0) is 18.6 Å². The van der Waals surface area contributed by atoms with E-state index in [9.17, 15) is 4.79 Å². The van der Waals surface area contributed by atoms with E-state index in [-0.39, 0.29) is 0 Å². The summed E-state index contributed by atoms with van der Waals surface area (Å²) in [6.07, 6.45) is 3.87. The second-order valence-electron chi connectivity index (χ2n) is 2.24. The van der Waals surface area contributed by atoms with Crippen molar-refractivity contribution in [3.05, 3.63) is 24.0 Å². The normalized spacial score (nSPS) is 9.70. The summed E-state index contributed by atoms with van der Waals surface area (Å²) in [7, 11) is 0. The van der Waals surface area contributed by atoms with Crippen molar-refractivity contribution in [3.8, 4) is 0 Å². The maximum Gasteiger partial charge on any atom is 0.166 e. The lowest BCUT2D eigenvalue weighted by molar-refractivity contribution is 0.111. The number of aldehydes is 1. The Labute approximate surface area is 60.5 Å². The Morgan fingerprint density at radius 1 is 1.70 bits per heavy atom. The van der Waals surface area contributed by atoms with Crippen molar-refractivity contribution in [1.82, 2.24) is 4.57 Å². The third kappa shape index (κ3) is 1.26. The summed E-state index contributed by atoms with van der Waals surface area (Å²) in [5.41, 5.74) is 0.766. The Morgan fingerprint density at radius 2 is 2.50 bits per heavy atom. The maximum atomic E-state index is 10.3. The second kappa shape index (κ2) is 3.20. The minimum Gasteiger partial charge on any atom is -0.345 e. The van der Waals surface area contributed by atoms with Gasteiger partial charge < -0.3 is 4.57 Å². The summed E-state index contributed by atoms with van der Waals surface area (Å²) in [6, 6.07) is 3.71. The van der Waals surface area contributed by atoms with Gasteiger partial charge in [-0.1, -0.05) is 6.92 Å². The molecule has 2 heteroatoms. The molecule has 0 atom stereocenters. The van der Waals surface area contributed by atoms with Crippen molar-refractivity contribution in [3.63, 3.8) is 0 Å². The molecule has 54 valence electrons. The van der Waals surface area contributed by atoms with Crippen LogP contribution in [0.15, 0.2) is 18.3 Å². The monoisotopic (exact) mass is 137 g/mol. The Kier molecular flexibility index (Phi) is 2.26. The van der Waals surface area contributed by atoms with Crippen molar-refractivity contribution >= 4 is 6.29 Å². The minimum atomic E-state index is 0.766. The maximum absolute atomic E-state index is 10.3. The highest BCUT2D eigenvalue weighted by Crippen LogP contribution is 1.99. The fourth-order valence-corrected chi connectivity index (χ4v) is 0.979. The first-order valence-corrected chi connectivity index (χ1v) is 3.48. The van der Waals surface area contributed by atoms with Crippen LogP contribution in [0.4, 0.5) is 0 Å². The van der Waals surface area contributed by atoms with Crippen LogP contribution in [0, 0.1) is 0 Å². The average molecular weight is 137 g/mol. The van der Waals surface area contributed by atoms with Gasteiger partial charge in [0.25, 0.3) is 0 Å². The molecule has 0 aliphatic carbocycles. The topological polar surface area (TPSA) is 22.0 Å². The van der Waals surface area contributed by atoms with Crippen molar-refractivity contribution in [1.29, 1.82) is 0 Å². The zero-order valence-corrected chi connectivity index (χ0v) is 6.08. The number of carbonyl (C=O) groups excluding carboxylic acids is 1. The lowest BCUT2D eigenvalue weighted by atomic mass is 10.4. The standard InChI is InChI=1S/C8H11NO/c1-2-5-9-6-3-4-8(9)7-10/h3-4,6-7H,2,5H2,1H3. The third-order valence-corrected chi connectivity index (χ3v) is 1.45. The van der Waals surface area contributed by atoms with Crippen LogP contribution in [0.5, 0.6) is 0 Å². The van der Waals surface area contributed by atoms with Crippen LogP contribution in [0.3, 0.4) is 0 Å². The van der Waals surface area contributed by atoms with Crippen LogP contribution >= 0.6 is 0 Å². The molecule has 0 N–H and O–H groups in total. The number of hydrogen-bond donors (Lipinski definition) is 0. The summed E-state index contributed by atoms with van der Waals surface area (Å²) in [5.74, 6) is 0. The SMILES string of the molecule is CCCn1cccc1C=O. The van der Waals surface area contributed by atoms with Crippen LogP contribution in [-0.4, -0.2) is 10.9 Å². The van der Waals surface area contributed by atoms with Crippen LogP contribution in [0.2, 0.25) is 0 Å². The summed E-state index contributed by atoms with van der Waals surface area (Å²) < 4.78 is 1.95. The molecule has 1 aromatic heterocycles. The van der Waals surface area contributed by atoms with E-state index in [1.807, 2.05) is 22.9 Å². The number of hydrogen-bond acceptors (Lipinski definition) is 1. The zero-order valence-electron chi connectivity index (χ0n) is 6.08. The minimum absolute atomic E-state index is 0.766. The number of nitrogens with zero attached hydrogens (tertiary/aromatic N) is 1. The van der Waals surface area contributed by atoms with Crippen molar-refractivity contribution in [2.24, 2.45) is 0 Å². The van der Waals surface area contributed by atoms with Crippen LogP contribution in [0.25, 0.3) is 0 Å². The van der Waals surface area contributed by atoms with Gasteiger partial charge in [0.05, 0.1) is 5.69 Å². The lowest BCUT2D eigenvalue weighted by Gasteiger charge is -2.00. The van der Waals surface area contributed by atoms with Gasteiger partial charge in [-0.15, -0.1) is 0 Å². The Bertz CT molecular complexity index is 215. The van der Waals surface area contributed by atoms with Crippen LogP contribution in [0.1, 0.15) is 23.8 Å². The summed E-state index contributed by atoms with van der Waals surface area (Å²) in [6.45, 7) is 3.02. The smallest absolute Gasteiger partial charge is 0.166 e. The zero-order chi connectivity index (χ0) is 7.40. The number of rotatable bonds is 3. The van der Waals surface area contributed by atoms with E-state index in [2.05, 4.69) is 6.92 Å². The summed E-state index contributed by atoms with van der Waals surface area (Å²) >= 11 is 0. The molecule has 0 bridgehead atoms. The molecule has 1 heterocycles. The molecule has 0 amide bonds. The highest BCUT2D eigenvalue weighted by atomic mass is 16.1. The third-order valence-electron chi connectivity index (χ3n) is 1.45. The molecule has 0 aliphatic rings. The van der Waals surface area contributed by atoms with Gasteiger partial charge in [-0.25, -0.2) is 0 Å². The predicted octanol–water partition coefficient (Wildman–Crippen LogP) is 1.71. The predicted molar refractivity (Wildman–Crippen MR) is 40.1 cm³/mol. The van der Waals surface area contributed by atoms with E-state index in [1.165, 1.54) is 0 Å². The average Bonchev–Trinajstić information content (AvgIpc) is 2.36. The molecule has 1 aromatic rings. The molecule has 0 saturated heterocycles. The molecular formula is C8H11NO. The van der Waals surface area contributed by atoms with E-state index < -0.39 is 0 Å². The number of aromatic nitrogens is 1. The Balaban J connectivity index is 2.79. The van der Waals surface area contributed by atoms with Crippen molar-refractivity contribution < 1.29 is 4.79 Å². The van der Waals surface area contributed by atoms with E-state index in [0.29, 0.717) is 0 Å². The van der Waals surface area contributed by atoms with E-state index in [0.717, 1.165) is 24.9 Å². The van der Waals surface area contributed by atoms with Crippen LogP contribution < -0.4 is 0 Å². The lowest BCUT2D eigenvalue weighted by Crippen LogP contribution is -1.98. The molecular weight excluding hydrogens is 126 g/mol. The van der Waals surface area contributed by atoms with E-state index in [4.69, 9.17) is 0 Å². The Hall–Kier alpha value is -1.05. The molecule has 2 nitrogen and oxygen atoms in total. The second-order valence-corrected chi connectivity index (χ2v) is 2.24. The van der Waals surface area contributed by atoms with Gasteiger partial charge in [-0.2, -0.15) is 0 Å². The van der Waals surface area contributed by atoms with Gasteiger partial charge in [-0.3, -0.25) is 4.79 Å². The molecule has 10 heavy (non-hydrogen) atoms. The van der Waals surface area contributed by atoms with Crippen molar-refractivity contribution in [2.45, 2.75) is 19.9 Å². The van der Waals surface area contributed by atoms with Gasteiger partial charge in [0.1, 0.15) is 0 Å². The first-order chi connectivity index (χ1) is 4.88. The molecule has 1 rings (SSSR count). The fraction of sp³-hybridized carbons (Fsp3) is 0.375. The Morgan fingerprint density at radius 3 is 3.10 bits per heavy atom. The molecule has 0 saturated carbocycles. The molecule has 0 aliphatic heterocycles. The molecule has 0 unspecified atom stereocenters. The van der Waals surface area contributed by atoms with Gasteiger partial charge >= 0.3 is 0 Å². The summed E-state index contributed by atoms with van der Waals surface area (Å²) in [4.78, 5) is 10.3. The molecule has 0 aromatic carbocycles. The first kappa shape index (κ1) is 7.06. The fourth-order valence-electron chi connectivity index (χ4n) is 0.979. The number of aryl methyl sites for hydroxylation is 1. The highest BCUT2D eigenvalue weighted by molar-refractivity contribution is 5.72. The largest absolute Gasteiger partial charge is 0.345 e. The van der Waals surface area contributed by atoms with Gasteiger partial charge in [0.2, 0.25) is 0 Å². The molecule has 0 fully saturated rings. The number of carbonyl (C=O) groups is 1. The van der Waals surface area contributed by atoms with Crippen LogP contribution in [-0.2, 0) is 6.54 Å².